The van der Waals surface area contributed by atoms with Gasteiger partial charge in [-0.1, -0.05) is 46.2 Å². The van der Waals surface area contributed by atoms with Crippen molar-refractivity contribution in [3.63, 3.8) is 0 Å². The minimum atomic E-state index is -4.63. The van der Waals surface area contributed by atoms with E-state index in [0.29, 0.717) is 22.5 Å². The van der Waals surface area contributed by atoms with Gasteiger partial charge in [0.25, 0.3) is 0 Å². The molecule has 0 spiro atoms. The molecule has 0 aliphatic heterocycles. The number of fused-ring (bicyclic) bond motifs is 5. The molecule has 3 aliphatic carbocycles. The molecule has 41 heavy (non-hydrogen) atoms. The van der Waals surface area contributed by atoms with Crippen LogP contribution in [0.25, 0.3) is 0 Å². The SMILES string of the molecule is Cc1c(C)c2c(c(C)c1OC(=O)C(N)Cc1ccc(OP(=O)(O)O)cc1)C[C@H]1C2(C)CCC2C(C)(C)CCC[C@@]21C. The third-order valence-electron chi connectivity index (χ3n) is 11.3. The van der Waals surface area contributed by atoms with Crippen LogP contribution in [-0.2, 0) is 27.6 Å². The molecule has 8 heteroatoms. The van der Waals surface area contributed by atoms with Gasteiger partial charge in [0.2, 0.25) is 0 Å². The van der Waals surface area contributed by atoms with Crippen molar-refractivity contribution in [1.82, 2.24) is 0 Å². The maximum Gasteiger partial charge on any atom is 0.524 e. The number of carbonyl (C=O) groups is 1. The van der Waals surface area contributed by atoms with Gasteiger partial charge in [0.1, 0.15) is 17.5 Å². The lowest BCUT2D eigenvalue weighted by Gasteiger charge is -2.61. The number of carbonyl (C=O) groups excluding carboxylic acids is 1. The van der Waals surface area contributed by atoms with E-state index in [-0.39, 0.29) is 17.6 Å². The molecule has 5 atom stereocenters. The first kappa shape index (κ1) is 30.3. The molecular weight excluding hydrogens is 537 g/mol. The third-order valence-corrected chi connectivity index (χ3v) is 11.7. The lowest BCUT2D eigenvalue weighted by molar-refractivity contribution is -0.135. The second-order valence-corrected chi connectivity index (χ2v) is 15.3. The van der Waals surface area contributed by atoms with Crippen molar-refractivity contribution in [2.45, 2.75) is 105 Å². The first-order chi connectivity index (χ1) is 19.0. The van der Waals surface area contributed by atoms with Crippen molar-refractivity contribution in [2.24, 2.45) is 28.4 Å². The minimum Gasteiger partial charge on any atom is -0.425 e. The average molecular weight is 584 g/mol. The molecule has 224 valence electrons. The molecule has 0 radical (unpaired) electrons. The molecule has 2 aromatic rings. The number of nitrogens with two attached hydrogens (primary N) is 1. The second kappa shape index (κ2) is 10.2. The van der Waals surface area contributed by atoms with Crippen LogP contribution in [0, 0.1) is 43.4 Å². The summed E-state index contributed by atoms with van der Waals surface area (Å²) in [6.07, 6.45) is 7.62. The molecule has 2 saturated carbocycles. The predicted octanol–water partition coefficient (Wildman–Crippen LogP) is 6.62. The van der Waals surface area contributed by atoms with Crippen molar-refractivity contribution in [3.8, 4) is 11.5 Å². The van der Waals surface area contributed by atoms with Crippen molar-refractivity contribution < 1.29 is 28.4 Å². The van der Waals surface area contributed by atoms with Crippen LogP contribution in [0.1, 0.15) is 93.2 Å². The van der Waals surface area contributed by atoms with Crippen LogP contribution < -0.4 is 15.0 Å². The standard InChI is InChI=1S/C33H46NO6P/c1-19-20(2)29(39-30(35)25(34)17-22-9-11-23(12-10-22)40-41(36,37)38)21(3)24-18-27-32(6)15-8-14-31(4,5)26(32)13-16-33(27,7)28(19)24/h9-12,25-27H,8,13-18,34H2,1-7H3,(H2,36,37,38)/t25?,26?,27-,32+,33?/m1/s1. The van der Waals surface area contributed by atoms with Gasteiger partial charge in [-0.05, 0) is 133 Å². The molecule has 3 aliphatic rings. The Labute approximate surface area is 244 Å². The van der Waals surface area contributed by atoms with Gasteiger partial charge < -0.3 is 15.0 Å². The van der Waals surface area contributed by atoms with Crippen LogP contribution >= 0.6 is 7.82 Å². The number of phosphoric ester groups is 1. The molecule has 0 bridgehead atoms. The second-order valence-electron chi connectivity index (χ2n) is 14.1. The van der Waals surface area contributed by atoms with Gasteiger partial charge in [0.05, 0.1) is 0 Å². The van der Waals surface area contributed by atoms with Gasteiger partial charge in [-0.25, -0.2) is 9.36 Å². The highest BCUT2D eigenvalue weighted by molar-refractivity contribution is 7.46. The van der Waals surface area contributed by atoms with E-state index in [1.165, 1.54) is 60.9 Å². The normalized spacial score (nSPS) is 29.2. The summed E-state index contributed by atoms with van der Waals surface area (Å²) in [6.45, 7) is 16.4. The molecule has 0 saturated heterocycles. The zero-order valence-electron chi connectivity index (χ0n) is 25.5. The van der Waals surface area contributed by atoms with Crippen LogP contribution in [0.4, 0.5) is 0 Å². The van der Waals surface area contributed by atoms with E-state index in [1.54, 1.807) is 12.1 Å². The summed E-state index contributed by atoms with van der Waals surface area (Å²) in [5.74, 6) is 1.49. The average Bonchev–Trinajstić information content (AvgIpc) is 3.19. The fourth-order valence-electron chi connectivity index (χ4n) is 9.32. The quantitative estimate of drug-likeness (QED) is 0.199. The summed E-state index contributed by atoms with van der Waals surface area (Å²) >= 11 is 0. The van der Waals surface area contributed by atoms with E-state index < -0.39 is 19.8 Å². The van der Waals surface area contributed by atoms with E-state index in [2.05, 4.69) is 53.0 Å². The Morgan fingerprint density at radius 2 is 1.66 bits per heavy atom. The topological polar surface area (TPSA) is 119 Å². The molecule has 2 fully saturated rings. The monoisotopic (exact) mass is 583 g/mol. The Balaban J connectivity index is 1.39. The van der Waals surface area contributed by atoms with Gasteiger partial charge in [-0.15, -0.1) is 0 Å². The zero-order chi connectivity index (χ0) is 30.1. The maximum absolute atomic E-state index is 13.2. The third kappa shape index (κ3) is 5.18. The van der Waals surface area contributed by atoms with Crippen LogP contribution in [0.5, 0.6) is 11.5 Å². The number of rotatable bonds is 6. The number of hydrogen-bond donors (Lipinski definition) is 3. The Bertz CT molecular complexity index is 1410. The molecule has 5 rings (SSSR count). The fourth-order valence-corrected chi connectivity index (χ4v) is 9.72. The van der Waals surface area contributed by atoms with Crippen LogP contribution in [0.2, 0.25) is 0 Å². The Morgan fingerprint density at radius 3 is 2.29 bits per heavy atom. The first-order valence-electron chi connectivity index (χ1n) is 14.9. The van der Waals surface area contributed by atoms with Gasteiger partial charge in [0.15, 0.2) is 0 Å². The number of phosphoric acid groups is 1. The highest BCUT2D eigenvalue weighted by Gasteiger charge is 2.61. The highest BCUT2D eigenvalue weighted by atomic mass is 31.2. The molecule has 7 nitrogen and oxygen atoms in total. The van der Waals surface area contributed by atoms with E-state index in [9.17, 15) is 9.36 Å². The van der Waals surface area contributed by atoms with Gasteiger partial charge >= 0.3 is 13.8 Å². The number of hydrogen-bond acceptors (Lipinski definition) is 5. The molecular formula is C33H46NO6P. The maximum atomic E-state index is 13.2. The van der Waals surface area contributed by atoms with E-state index >= 15 is 0 Å². The van der Waals surface area contributed by atoms with E-state index in [1.807, 2.05) is 0 Å². The Hall–Kier alpha value is -2.18. The summed E-state index contributed by atoms with van der Waals surface area (Å²) in [7, 11) is -4.63. The minimum absolute atomic E-state index is 0.0457. The summed E-state index contributed by atoms with van der Waals surface area (Å²) in [6, 6.07) is 5.28. The van der Waals surface area contributed by atoms with E-state index in [4.69, 9.17) is 20.3 Å². The van der Waals surface area contributed by atoms with Crippen LogP contribution in [-0.4, -0.2) is 21.8 Å². The summed E-state index contributed by atoms with van der Waals surface area (Å²) in [4.78, 5) is 31.2. The number of esters is 1. The lowest BCUT2D eigenvalue weighted by Crippen LogP contribution is -2.55. The fraction of sp³-hybridized carbons (Fsp3) is 0.606. The summed E-state index contributed by atoms with van der Waals surface area (Å²) in [5, 5.41) is 0. The van der Waals surface area contributed by atoms with Crippen molar-refractivity contribution >= 4 is 13.8 Å². The lowest BCUT2D eigenvalue weighted by atomic mass is 9.43. The molecule has 4 N–H and O–H groups in total. The Morgan fingerprint density at radius 1 is 1.00 bits per heavy atom. The van der Waals surface area contributed by atoms with Crippen molar-refractivity contribution in [3.05, 3.63) is 57.6 Å². The van der Waals surface area contributed by atoms with Gasteiger partial charge in [-0.3, -0.25) is 9.79 Å². The van der Waals surface area contributed by atoms with E-state index in [0.717, 1.165) is 29.0 Å². The van der Waals surface area contributed by atoms with Crippen molar-refractivity contribution in [2.75, 3.05) is 0 Å². The highest BCUT2D eigenvalue weighted by Crippen LogP contribution is 2.68. The molecule has 0 heterocycles. The van der Waals surface area contributed by atoms with Crippen LogP contribution in [0.3, 0.4) is 0 Å². The molecule has 3 unspecified atom stereocenters. The predicted molar refractivity (Wildman–Crippen MR) is 160 cm³/mol. The number of ether oxygens (including phenoxy) is 1. The molecule has 0 aromatic heterocycles. The zero-order valence-corrected chi connectivity index (χ0v) is 26.4. The molecule has 0 amide bonds. The van der Waals surface area contributed by atoms with Gasteiger partial charge in [0, 0.05) is 0 Å². The smallest absolute Gasteiger partial charge is 0.425 e. The first-order valence-corrected chi connectivity index (χ1v) is 16.5. The van der Waals surface area contributed by atoms with Crippen molar-refractivity contribution in [1.29, 1.82) is 0 Å². The summed E-state index contributed by atoms with van der Waals surface area (Å²) < 4.78 is 21.7. The largest absolute Gasteiger partial charge is 0.524 e. The number of benzene rings is 2. The van der Waals surface area contributed by atoms with Crippen LogP contribution in [0.15, 0.2) is 24.3 Å². The van der Waals surface area contributed by atoms with Gasteiger partial charge in [-0.2, -0.15) is 0 Å². The summed E-state index contributed by atoms with van der Waals surface area (Å²) in [5.41, 5.74) is 14.0. The molecule has 2 aromatic carbocycles. The Kier molecular flexibility index (Phi) is 7.55.